The van der Waals surface area contributed by atoms with Crippen molar-refractivity contribution in [3.63, 3.8) is 0 Å². The standard InChI is InChI=1S/C22H18BrNO4S/c1-28-18-9-12-20-16(13-18)14-24(22(25)21(20)15-5-3-2-4-6-15)29(26,27)19-10-7-17(23)8-11-19/h2-13,21H,14H2,1H3. The molecule has 3 aromatic carbocycles. The Bertz CT molecular complexity index is 1160. The molecule has 0 saturated carbocycles. The number of hydrogen-bond acceptors (Lipinski definition) is 4. The van der Waals surface area contributed by atoms with Crippen LogP contribution in [-0.2, 0) is 21.4 Å². The van der Waals surface area contributed by atoms with Gasteiger partial charge in [-0.2, -0.15) is 0 Å². The summed E-state index contributed by atoms with van der Waals surface area (Å²) in [5.74, 6) is -0.543. The van der Waals surface area contributed by atoms with Crippen LogP contribution in [-0.4, -0.2) is 25.7 Å². The van der Waals surface area contributed by atoms with Gasteiger partial charge in [-0.3, -0.25) is 4.79 Å². The smallest absolute Gasteiger partial charge is 0.266 e. The minimum Gasteiger partial charge on any atom is -0.497 e. The molecule has 0 aromatic heterocycles. The van der Waals surface area contributed by atoms with E-state index in [4.69, 9.17) is 4.74 Å². The van der Waals surface area contributed by atoms with Crippen molar-refractivity contribution in [3.8, 4) is 5.75 Å². The van der Waals surface area contributed by atoms with Crippen molar-refractivity contribution in [1.29, 1.82) is 0 Å². The van der Waals surface area contributed by atoms with Gasteiger partial charge in [0.05, 0.1) is 24.5 Å². The van der Waals surface area contributed by atoms with Gasteiger partial charge in [-0.1, -0.05) is 52.3 Å². The van der Waals surface area contributed by atoms with Crippen LogP contribution >= 0.6 is 15.9 Å². The van der Waals surface area contributed by atoms with Crippen molar-refractivity contribution in [3.05, 3.63) is 94.0 Å². The molecule has 1 aliphatic rings. The number of carbonyl (C=O) groups excluding carboxylic acids is 1. The molecule has 0 aliphatic carbocycles. The molecule has 0 radical (unpaired) electrons. The number of carbonyl (C=O) groups is 1. The van der Waals surface area contributed by atoms with E-state index in [9.17, 15) is 13.2 Å². The number of halogens is 1. The van der Waals surface area contributed by atoms with E-state index >= 15 is 0 Å². The molecule has 1 amide bonds. The van der Waals surface area contributed by atoms with Crippen LogP contribution in [0.25, 0.3) is 0 Å². The summed E-state index contributed by atoms with van der Waals surface area (Å²) in [5.41, 5.74) is 2.29. The lowest BCUT2D eigenvalue weighted by Crippen LogP contribution is -2.43. The fraction of sp³-hybridized carbons (Fsp3) is 0.136. The largest absolute Gasteiger partial charge is 0.497 e. The molecule has 0 fully saturated rings. The summed E-state index contributed by atoms with van der Waals surface area (Å²) >= 11 is 3.31. The molecule has 7 heteroatoms. The lowest BCUT2D eigenvalue weighted by Gasteiger charge is -2.34. The predicted molar refractivity (Wildman–Crippen MR) is 113 cm³/mol. The Morgan fingerprint density at radius 2 is 1.69 bits per heavy atom. The molecule has 0 spiro atoms. The lowest BCUT2D eigenvalue weighted by atomic mass is 9.85. The number of amides is 1. The molecule has 4 rings (SSSR count). The molecule has 1 aliphatic heterocycles. The first-order valence-electron chi connectivity index (χ1n) is 8.96. The number of rotatable bonds is 4. The van der Waals surface area contributed by atoms with Gasteiger partial charge in [0.2, 0.25) is 5.91 Å². The summed E-state index contributed by atoms with van der Waals surface area (Å²) in [6.45, 7) is -0.0346. The minimum absolute atomic E-state index is 0.0346. The van der Waals surface area contributed by atoms with Crippen LogP contribution in [0.2, 0.25) is 0 Å². The van der Waals surface area contributed by atoms with E-state index in [1.165, 1.54) is 12.1 Å². The third kappa shape index (κ3) is 3.56. The van der Waals surface area contributed by atoms with Crippen LogP contribution in [0.5, 0.6) is 5.75 Å². The van der Waals surface area contributed by atoms with Gasteiger partial charge in [0.25, 0.3) is 10.0 Å². The first-order chi connectivity index (χ1) is 13.9. The molecule has 0 saturated heterocycles. The van der Waals surface area contributed by atoms with Gasteiger partial charge < -0.3 is 4.74 Å². The highest BCUT2D eigenvalue weighted by molar-refractivity contribution is 9.10. The molecule has 0 bridgehead atoms. The Morgan fingerprint density at radius 3 is 2.34 bits per heavy atom. The number of methoxy groups -OCH3 is 1. The van der Waals surface area contributed by atoms with Crippen LogP contribution < -0.4 is 4.74 Å². The number of benzene rings is 3. The highest BCUT2D eigenvalue weighted by Crippen LogP contribution is 2.38. The summed E-state index contributed by atoms with van der Waals surface area (Å²) in [5, 5.41) is 0. The topological polar surface area (TPSA) is 63.7 Å². The fourth-order valence-corrected chi connectivity index (χ4v) is 5.19. The highest BCUT2D eigenvalue weighted by atomic mass is 79.9. The molecule has 5 nitrogen and oxygen atoms in total. The number of sulfonamides is 1. The first-order valence-corrected chi connectivity index (χ1v) is 11.2. The maximum Gasteiger partial charge on any atom is 0.266 e. The van der Waals surface area contributed by atoms with Crippen molar-refractivity contribution >= 4 is 31.9 Å². The Hall–Kier alpha value is -2.64. The van der Waals surface area contributed by atoms with E-state index in [1.54, 1.807) is 31.4 Å². The van der Waals surface area contributed by atoms with Gasteiger partial charge in [-0.05, 0) is 53.1 Å². The summed E-state index contributed by atoms with van der Waals surface area (Å²) in [6, 6.07) is 20.9. The van der Waals surface area contributed by atoms with Gasteiger partial charge in [0.15, 0.2) is 0 Å². The number of fused-ring (bicyclic) bond motifs is 1. The van der Waals surface area contributed by atoms with Gasteiger partial charge in [0, 0.05) is 4.47 Å². The normalized spacial score (nSPS) is 16.4. The van der Waals surface area contributed by atoms with Crippen molar-refractivity contribution in [2.24, 2.45) is 0 Å². The second kappa shape index (κ2) is 7.65. The third-order valence-corrected chi connectivity index (χ3v) is 7.29. The second-order valence-electron chi connectivity index (χ2n) is 6.71. The number of ether oxygens (including phenoxy) is 1. The SMILES string of the molecule is COc1ccc2c(c1)CN(S(=O)(=O)c1ccc(Br)cc1)C(=O)C2c1ccccc1. The van der Waals surface area contributed by atoms with Crippen LogP contribution in [0.3, 0.4) is 0 Å². The van der Waals surface area contributed by atoms with Gasteiger partial charge in [-0.15, -0.1) is 0 Å². The lowest BCUT2D eigenvalue weighted by molar-refractivity contribution is -0.128. The Morgan fingerprint density at radius 1 is 1.00 bits per heavy atom. The summed E-state index contributed by atoms with van der Waals surface area (Å²) in [7, 11) is -2.45. The average Bonchev–Trinajstić information content (AvgIpc) is 2.73. The number of nitrogens with zero attached hydrogens (tertiary/aromatic N) is 1. The van der Waals surface area contributed by atoms with Crippen LogP contribution in [0.1, 0.15) is 22.6 Å². The molecule has 1 heterocycles. The molecule has 0 N–H and O–H groups in total. The van der Waals surface area contributed by atoms with Crippen LogP contribution in [0, 0.1) is 0 Å². The number of hydrogen-bond donors (Lipinski definition) is 0. The van der Waals surface area contributed by atoms with Crippen LogP contribution in [0.15, 0.2) is 82.2 Å². The monoisotopic (exact) mass is 471 g/mol. The molecule has 29 heavy (non-hydrogen) atoms. The summed E-state index contributed by atoms with van der Waals surface area (Å²) < 4.78 is 33.7. The van der Waals surface area contributed by atoms with E-state index < -0.39 is 21.8 Å². The predicted octanol–water partition coefficient (Wildman–Crippen LogP) is 4.32. The minimum atomic E-state index is -4.01. The Balaban J connectivity index is 1.86. The van der Waals surface area contributed by atoms with Crippen molar-refractivity contribution in [2.75, 3.05) is 7.11 Å². The maximum absolute atomic E-state index is 13.4. The first kappa shape index (κ1) is 19.7. The third-order valence-electron chi connectivity index (χ3n) is 5.00. The second-order valence-corrected chi connectivity index (χ2v) is 9.49. The average molecular weight is 472 g/mol. The molecule has 148 valence electrons. The van der Waals surface area contributed by atoms with E-state index in [0.29, 0.717) is 5.75 Å². The highest BCUT2D eigenvalue weighted by Gasteiger charge is 2.40. The van der Waals surface area contributed by atoms with Gasteiger partial charge in [-0.25, -0.2) is 12.7 Å². The molecule has 3 aromatic rings. The van der Waals surface area contributed by atoms with E-state index in [-0.39, 0.29) is 11.4 Å². The van der Waals surface area contributed by atoms with Crippen molar-refractivity contribution < 1.29 is 17.9 Å². The zero-order chi connectivity index (χ0) is 20.6. The molecule has 1 unspecified atom stereocenters. The zero-order valence-corrected chi connectivity index (χ0v) is 18.0. The van der Waals surface area contributed by atoms with Crippen LogP contribution in [0.4, 0.5) is 0 Å². The van der Waals surface area contributed by atoms with E-state index in [0.717, 1.165) is 25.5 Å². The van der Waals surface area contributed by atoms with Gasteiger partial charge >= 0.3 is 0 Å². The quantitative estimate of drug-likeness (QED) is 0.568. The fourth-order valence-electron chi connectivity index (χ4n) is 3.54. The molecular formula is C22H18BrNO4S. The van der Waals surface area contributed by atoms with E-state index in [1.807, 2.05) is 36.4 Å². The van der Waals surface area contributed by atoms with E-state index in [2.05, 4.69) is 15.9 Å². The summed E-state index contributed by atoms with van der Waals surface area (Å²) in [6.07, 6.45) is 0. The Labute approximate surface area is 178 Å². The van der Waals surface area contributed by atoms with Gasteiger partial charge in [0.1, 0.15) is 5.75 Å². The molecular weight excluding hydrogens is 454 g/mol. The van der Waals surface area contributed by atoms with Crippen molar-refractivity contribution in [2.45, 2.75) is 17.4 Å². The summed E-state index contributed by atoms with van der Waals surface area (Å²) in [4.78, 5) is 13.5. The molecule has 1 atom stereocenters. The van der Waals surface area contributed by atoms with Crippen molar-refractivity contribution in [1.82, 2.24) is 4.31 Å². The zero-order valence-electron chi connectivity index (χ0n) is 15.6. The maximum atomic E-state index is 13.4. The Kier molecular flexibility index (Phi) is 5.19.